The maximum absolute atomic E-state index is 12.7. The first kappa shape index (κ1) is 57.9. The highest BCUT2D eigenvalue weighted by atomic mass is 31.2. The molecule has 0 aliphatic carbocycles. The minimum atomic E-state index is -4.41. The van der Waals surface area contributed by atoms with E-state index >= 15 is 0 Å². The molecule has 2 unspecified atom stereocenters. The monoisotopic (exact) mass is 875 g/mol. The van der Waals surface area contributed by atoms with E-state index in [1.54, 1.807) is 6.08 Å². The van der Waals surface area contributed by atoms with E-state index in [2.05, 4.69) is 62.5 Å². The Balaban J connectivity index is 4.53. The van der Waals surface area contributed by atoms with Crippen molar-refractivity contribution in [2.45, 2.75) is 161 Å². The average molecular weight is 875 g/mol. The van der Waals surface area contributed by atoms with Crippen molar-refractivity contribution in [3.63, 3.8) is 0 Å². The standard InChI is InChI=1S/C50H84NO9P/c1-6-8-10-11-12-13-14-15-16-17-18-21-24-27-30-33-37-41-49(53)57-45-48(46-59-61(55,56)58-44-43-51(3,4)5)60-50(54)42-38-34-31-28-25-22-19-20-23-26-29-32-36-40-47(52)39-35-9-7-2/h9,12-13,15-16,20,22-23,25,29,31-32,34-36,40,47-48,52H,6-8,10-11,14,17-19,21,24,26-28,30,33,37-39,41-46H2,1-5H3/p+1/b13-12-,16-15-,23-20-,25-22-,32-29+,34-31-,35-9-,40-36+/t47?,48-/m1/s1. The quantitative estimate of drug-likeness (QED) is 0.0154. The number of ether oxygens (including phenoxy) is 2. The van der Waals surface area contributed by atoms with Crippen molar-refractivity contribution in [2.75, 3.05) is 47.5 Å². The van der Waals surface area contributed by atoms with Crippen molar-refractivity contribution >= 4 is 19.8 Å². The lowest BCUT2D eigenvalue weighted by atomic mass is 10.1. The third-order valence-electron chi connectivity index (χ3n) is 9.19. The molecule has 2 N–H and O–H groups in total. The molecule has 0 saturated carbocycles. The number of carbonyl (C=O) groups is 2. The zero-order valence-corrected chi connectivity index (χ0v) is 39.6. The number of quaternary nitrogens is 1. The van der Waals surface area contributed by atoms with Gasteiger partial charge < -0.3 is 24.0 Å². The second kappa shape index (κ2) is 40.9. The van der Waals surface area contributed by atoms with Crippen LogP contribution < -0.4 is 0 Å². The summed E-state index contributed by atoms with van der Waals surface area (Å²) in [5, 5.41) is 9.85. The molecule has 0 aromatic rings. The van der Waals surface area contributed by atoms with Crippen LogP contribution in [0.4, 0.5) is 0 Å². The Labute approximate surface area is 371 Å². The summed E-state index contributed by atoms with van der Waals surface area (Å²) in [7, 11) is 1.38. The lowest BCUT2D eigenvalue weighted by molar-refractivity contribution is -0.870. The Morgan fingerprint density at radius 2 is 1.16 bits per heavy atom. The fraction of sp³-hybridized carbons (Fsp3) is 0.640. The number of allylic oxidation sites excluding steroid dienone is 14. The Bertz CT molecular complexity index is 1370. The molecule has 0 amide bonds. The molecule has 348 valence electrons. The average Bonchev–Trinajstić information content (AvgIpc) is 3.21. The van der Waals surface area contributed by atoms with Gasteiger partial charge in [-0.1, -0.05) is 156 Å². The number of likely N-dealkylation sites (N-methyl/N-ethyl adjacent to an activating group) is 1. The molecule has 0 aliphatic rings. The van der Waals surface area contributed by atoms with E-state index < -0.39 is 38.6 Å². The fourth-order valence-corrected chi connectivity index (χ4v) is 6.31. The zero-order chi connectivity index (χ0) is 45.1. The first-order chi connectivity index (χ1) is 29.4. The predicted octanol–water partition coefficient (Wildman–Crippen LogP) is 12.3. The number of hydrogen-bond donors (Lipinski definition) is 2. The summed E-state index contributed by atoms with van der Waals surface area (Å²) in [6.45, 7) is 4.06. The van der Waals surface area contributed by atoms with Gasteiger partial charge in [0.25, 0.3) is 0 Å². The van der Waals surface area contributed by atoms with Crippen LogP contribution >= 0.6 is 7.82 Å². The predicted molar refractivity (Wildman–Crippen MR) is 253 cm³/mol. The molecular weight excluding hydrogens is 790 g/mol. The molecule has 11 heteroatoms. The molecule has 0 aromatic heterocycles. The summed E-state index contributed by atoms with van der Waals surface area (Å²) >= 11 is 0. The van der Waals surface area contributed by atoms with Crippen molar-refractivity contribution in [1.29, 1.82) is 0 Å². The van der Waals surface area contributed by atoms with Gasteiger partial charge >= 0.3 is 19.8 Å². The SMILES string of the molecule is CC/C=C\CC(O)/C=C/C=C/C/C=C\C/C=C\C/C=C\CCC(=O)O[C@H](COC(=O)CCCCCCCCC/C=C\C/C=C\CCCCC)COP(=O)(O)OCC[N+](C)(C)C. The molecule has 0 saturated heterocycles. The number of rotatable bonds is 40. The highest BCUT2D eigenvalue weighted by molar-refractivity contribution is 7.47. The number of nitrogens with zero attached hydrogens (tertiary/aromatic N) is 1. The molecule has 0 heterocycles. The van der Waals surface area contributed by atoms with Crippen LogP contribution in [0.15, 0.2) is 97.2 Å². The molecule has 61 heavy (non-hydrogen) atoms. The van der Waals surface area contributed by atoms with E-state index in [0.29, 0.717) is 30.3 Å². The smallest absolute Gasteiger partial charge is 0.462 e. The minimum absolute atomic E-state index is 0.00422. The van der Waals surface area contributed by atoms with Crippen LogP contribution in [0.1, 0.15) is 149 Å². The normalized spacial score (nSPS) is 14.9. The molecule has 0 bridgehead atoms. The van der Waals surface area contributed by atoms with Gasteiger partial charge in [-0.3, -0.25) is 18.6 Å². The van der Waals surface area contributed by atoms with Gasteiger partial charge in [-0.05, 0) is 77.0 Å². The third kappa shape index (κ3) is 44.7. The lowest BCUT2D eigenvalue weighted by Gasteiger charge is -2.24. The van der Waals surface area contributed by atoms with Crippen LogP contribution in [0.3, 0.4) is 0 Å². The number of carbonyl (C=O) groups excluding carboxylic acids is 2. The molecule has 0 fully saturated rings. The second-order valence-corrected chi connectivity index (χ2v) is 17.7. The van der Waals surface area contributed by atoms with E-state index in [9.17, 15) is 24.2 Å². The van der Waals surface area contributed by atoms with E-state index in [1.165, 1.54) is 44.9 Å². The van der Waals surface area contributed by atoms with Gasteiger partial charge in [-0.15, -0.1) is 0 Å². The lowest BCUT2D eigenvalue weighted by Crippen LogP contribution is -2.37. The first-order valence-corrected chi connectivity index (χ1v) is 24.6. The second-order valence-electron chi connectivity index (χ2n) is 16.2. The number of phosphoric acid groups is 1. The summed E-state index contributed by atoms with van der Waals surface area (Å²) in [6, 6.07) is 0. The molecule has 0 radical (unpaired) electrons. The van der Waals surface area contributed by atoms with Gasteiger partial charge in [0.2, 0.25) is 0 Å². The largest absolute Gasteiger partial charge is 0.472 e. The van der Waals surface area contributed by atoms with Crippen molar-refractivity contribution in [1.82, 2.24) is 0 Å². The van der Waals surface area contributed by atoms with Gasteiger partial charge in [0.05, 0.1) is 33.9 Å². The summed E-state index contributed by atoms with van der Waals surface area (Å²) in [5.41, 5.74) is 0. The van der Waals surface area contributed by atoms with Gasteiger partial charge in [0, 0.05) is 12.8 Å². The maximum Gasteiger partial charge on any atom is 0.472 e. The van der Waals surface area contributed by atoms with E-state index in [1.807, 2.05) is 63.7 Å². The number of phosphoric ester groups is 1. The van der Waals surface area contributed by atoms with Gasteiger partial charge in [0.15, 0.2) is 6.10 Å². The highest BCUT2D eigenvalue weighted by Gasteiger charge is 2.27. The van der Waals surface area contributed by atoms with E-state index in [0.717, 1.165) is 57.8 Å². The molecule has 3 atom stereocenters. The Hall–Kier alpha value is -3.11. The first-order valence-electron chi connectivity index (χ1n) is 23.1. The number of hydrogen-bond acceptors (Lipinski definition) is 8. The van der Waals surface area contributed by atoms with Crippen molar-refractivity contribution in [3.8, 4) is 0 Å². The Morgan fingerprint density at radius 1 is 0.607 bits per heavy atom. The molecule has 10 nitrogen and oxygen atoms in total. The number of aliphatic hydroxyl groups is 1. The van der Waals surface area contributed by atoms with Crippen molar-refractivity contribution in [2.24, 2.45) is 0 Å². The molecule has 0 rings (SSSR count). The minimum Gasteiger partial charge on any atom is -0.462 e. The maximum atomic E-state index is 12.7. The van der Waals surface area contributed by atoms with Crippen LogP contribution in [0.5, 0.6) is 0 Å². The van der Waals surface area contributed by atoms with Crippen molar-refractivity contribution < 1.29 is 47.2 Å². The van der Waals surface area contributed by atoms with Crippen LogP contribution in [-0.2, 0) is 32.7 Å². The van der Waals surface area contributed by atoms with Crippen LogP contribution in [-0.4, -0.2) is 86.1 Å². The summed E-state index contributed by atoms with van der Waals surface area (Å²) in [5.74, 6) is -0.936. The van der Waals surface area contributed by atoms with E-state index in [-0.39, 0.29) is 26.1 Å². The number of aliphatic hydroxyl groups excluding tert-OH is 1. The molecule has 0 aliphatic heterocycles. The number of esters is 2. The van der Waals surface area contributed by atoms with E-state index in [4.69, 9.17) is 18.5 Å². The van der Waals surface area contributed by atoms with Gasteiger partial charge in [-0.2, -0.15) is 0 Å². The summed E-state index contributed by atoms with van der Waals surface area (Å²) < 4.78 is 34.2. The Kier molecular flexibility index (Phi) is 38.8. The third-order valence-corrected chi connectivity index (χ3v) is 10.2. The molecular formula is C50H85NO9P+. The zero-order valence-electron chi connectivity index (χ0n) is 38.7. The van der Waals surface area contributed by atoms with Crippen molar-refractivity contribution in [3.05, 3.63) is 97.2 Å². The van der Waals surface area contributed by atoms with Crippen LogP contribution in [0.25, 0.3) is 0 Å². The Morgan fingerprint density at radius 3 is 1.77 bits per heavy atom. The van der Waals surface area contributed by atoms with Gasteiger partial charge in [0.1, 0.15) is 19.8 Å². The summed E-state index contributed by atoms with van der Waals surface area (Å²) in [4.78, 5) is 35.4. The fourth-order valence-electron chi connectivity index (χ4n) is 5.56. The molecule has 0 spiro atoms. The topological polar surface area (TPSA) is 129 Å². The molecule has 0 aromatic carbocycles. The van der Waals surface area contributed by atoms with Crippen LogP contribution in [0, 0.1) is 0 Å². The van der Waals surface area contributed by atoms with Crippen LogP contribution in [0.2, 0.25) is 0 Å². The van der Waals surface area contributed by atoms with Gasteiger partial charge in [-0.25, -0.2) is 4.57 Å². The number of unbranched alkanes of at least 4 members (excludes halogenated alkanes) is 10. The summed E-state index contributed by atoms with van der Waals surface area (Å²) in [6.07, 6.45) is 50.8. The highest BCUT2D eigenvalue weighted by Crippen LogP contribution is 2.43.